The van der Waals surface area contributed by atoms with Crippen LogP contribution in [0.4, 0.5) is 5.69 Å². The molecule has 3 heterocycles. The van der Waals surface area contributed by atoms with Crippen molar-refractivity contribution < 1.29 is 14.3 Å². The molecule has 1 saturated heterocycles. The number of aromatic amines is 1. The highest BCUT2D eigenvalue weighted by Crippen LogP contribution is 2.30. The normalized spacial score (nSPS) is 14.8. The summed E-state index contributed by atoms with van der Waals surface area (Å²) in [6.07, 6.45) is 0. The molecule has 7 nitrogen and oxygen atoms in total. The van der Waals surface area contributed by atoms with Crippen molar-refractivity contribution in [2.24, 2.45) is 0 Å². The van der Waals surface area contributed by atoms with Crippen LogP contribution in [0.3, 0.4) is 0 Å². The fourth-order valence-electron chi connectivity index (χ4n) is 3.29. The number of hydrogen-bond donors (Lipinski definition) is 2. The van der Waals surface area contributed by atoms with Crippen LogP contribution < -0.4 is 10.1 Å². The third-order valence-corrected chi connectivity index (χ3v) is 5.91. The Labute approximate surface area is 184 Å². The molecule has 1 fully saturated rings. The van der Waals surface area contributed by atoms with Crippen LogP contribution in [0.1, 0.15) is 16.2 Å². The van der Waals surface area contributed by atoms with Crippen LogP contribution in [-0.4, -0.2) is 60.2 Å². The summed E-state index contributed by atoms with van der Waals surface area (Å²) in [6.45, 7) is 6.59. The van der Waals surface area contributed by atoms with Gasteiger partial charge < -0.3 is 19.8 Å². The number of benzene rings is 1. The Morgan fingerprint density at radius 3 is 2.77 bits per heavy atom. The fraction of sp³-hybridized carbons (Fsp3) is 0.333. The molecule has 0 spiro atoms. The molecule has 0 saturated carbocycles. The van der Waals surface area contributed by atoms with E-state index in [0.29, 0.717) is 28.9 Å². The quantitative estimate of drug-likeness (QED) is 0.592. The predicted octanol–water partition coefficient (Wildman–Crippen LogP) is 4.14. The van der Waals surface area contributed by atoms with Gasteiger partial charge in [0.05, 0.1) is 28.8 Å². The molecule has 30 heavy (non-hydrogen) atoms. The van der Waals surface area contributed by atoms with E-state index in [9.17, 15) is 4.79 Å². The first-order valence-corrected chi connectivity index (χ1v) is 10.5. The smallest absolute Gasteiger partial charge is 0.273 e. The minimum absolute atomic E-state index is 0.216. The van der Waals surface area contributed by atoms with Crippen molar-refractivity contribution >= 4 is 45.7 Å². The topological polar surface area (TPSA) is 79.5 Å². The van der Waals surface area contributed by atoms with Crippen molar-refractivity contribution in [2.45, 2.75) is 6.92 Å². The van der Waals surface area contributed by atoms with E-state index < -0.39 is 0 Å². The van der Waals surface area contributed by atoms with Crippen LogP contribution in [0.2, 0.25) is 10.0 Å². The maximum absolute atomic E-state index is 12.5. The van der Waals surface area contributed by atoms with Crippen molar-refractivity contribution in [1.29, 1.82) is 0 Å². The number of halogens is 2. The third kappa shape index (κ3) is 4.70. The van der Waals surface area contributed by atoms with Gasteiger partial charge in [-0.2, -0.15) is 0 Å². The van der Waals surface area contributed by atoms with E-state index in [-0.39, 0.29) is 16.6 Å². The second-order valence-electron chi connectivity index (χ2n) is 7.07. The minimum atomic E-state index is -0.356. The lowest BCUT2D eigenvalue weighted by molar-refractivity contribution is 0.0320. The Bertz CT molecular complexity index is 1060. The van der Waals surface area contributed by atoms with Crippen molar-refractivity contribution in [3.63, 3.8) is 0 Å². The summed E-state index contributed by atoms with van der Waals surface area (Å²) in [5.41, 5.74) is 2.31. The number of amides is 1. The van der Waals surface area contributed by atoms with Gasteiger partial charge in [0.1, 0.15) is 12.3 Å². The van der Waals surface area contributed by atoms with E-state index in [1.807, 2.05) is 24.3 Å². The molecule has 4 rings (SSSR count). The highest BCUT2D eigenvalue weighted by Gasteiger charge is 2.18. The molecule has 0 bridgehead atoms. The van der Waals surface area contributed by atoms with Gasteiger partial charge in [0.25, 0.3) is 5.91 Å². The molecule has 0 atom stereocenters. The van der Waals surface area contributed by atoms with E-state index in [1.165, 1.54) is 0 Å². The number of carbonyl (C=O) groups is 1. The predicted molar refractivity (Wildman–Crippen MR) is 118 cm³/mol. The Morgan fingerprint density at radius 2 is 2.03 bits per heavy atom. The number of fused-ring (bicyclic) bond motifs is 1. The van der Waals surface area contributed by atoms with Crippen LogP contribution >= 0.6 is 23.2 Å². The first-order valence-electron chi connectivity index (χ1n) is 9.70. The van der Waals surface area contributed by atoms with Gasteiger partial charge in [0.15, 0.2) is 0 Å². The van der Waals surface area contributed by atoms with Gasteiger partial charge in [0.2, 0.25) is 5.88 Å². The van der Waals surface area contributed by atoms with Gasteiger partial charge in [0, 0.05) is 42.5 Å². The number of rotatable bonds is 6. The summed E-state index contributed by atoms with van der Waals surface area (Å²) in [7, 11) is 0. The largest absolute Gasteiger partial charge is 0.476 e. The maximum Gasteiger partial charge on any atom is 0.273 e. The number of aromatic nitrogens is 2. The molecule has 1 aromatic carbocycles. The number of nitrogens with one attached hydrogen (secondary N) is 2. The fourth-order valence-corrected chi connectivity index (χ4v) is 3.71. The first kappa shape index (κ1) is 20.9. The zero-order valence-electron chi connectivity index (χ0n) is 16.5. The summed E-state index contributed by atoms with van der Waals surface area (Å²) in [4.78, 5) is 22.3. The molecule has 1 aliphatic rings. The summed E-state index contributed by atoms with van der Waals surface area (Å²) < 4.78 is 11.1. The van der Waals surface area contributed by atoms with Crippen molar-refractivity contribution in [3.05, 3.63) is 51.8 Å². The molecule has 0 aliphatic carbocycles. The molecule has 0 unspecified atom stereocenters. The molecule has 1 aliphatic heterocycles. The van der Waals surface area contributed by atoms with Gasteiger partial charge in [-0.15, -0.1) is 0 Å². The third-order valence-electron chi connectivity index (χ3n) is 4.96. The monoisotopic (exact) mass is 448 g/mol. The maximum atomic E-state index is 12.5. The Kier molecular flexibility index (Phi) is 6.43. The number of carbonyl (C=O) groups excluding carboxylic acids is 1. The number of ether oxygens (including phenoxy) is 2. The lowest BCUT2D eigenvalue weighted by Gasteiger charge is -2.26. The first-order chi connectivity index (χ1) is 14.5. The molecule has 9 heteroatoms. The number of hydrogen-bond acceptors (Lipinski definition) is 5. The molecule has 2 aromatic heterocycles. The standard InChI is InChI=1S/C21H22Cl2N4O3/c1-13-18(22)19(23)20(24-13)21(28)25-15-3-4-16-14(12-15)2-5-17(26-16)30-11-8-27-6-9-29-10-7-27/h2-5,12,24H,6-11H2,1H3,(H,25,28). The summed E-state index contributed by atoms with van der Waals surface area (Å²) >= 11 is 12.2. The van der Waals surface area contributed by atoms with Crippen molar-refractivity contribution in [3.8, 4) is 5.88 Å². The van der Waals surface area contributed by atoms with Crippen LogP contribution in [0, 0.1) is 6.92 Å². The lowest BCUT2D eigenvalue weighted by atomic mass is 10.2. The van der Waals surface area contributed by atoms with Crippen molar-refractivity contribution in [1.82, 2.24) is 14.9 Å². The highest BCUT2D eigenvalue weighted by molar-refractivity contribution is 6.44. The van der Waals surface area contributed by atoms with Crippen LogP contribution in [0.25, 0.3) is 10.9 Å². The highest BCUT2D eigenvalue weighted by atomic mass is 35.5. The zero-order chi connectivity index (χ0) is 21.1. The number of aryl methyl sites for hydroxylation is 1. The molecule has 2 N–H and O–H groups in total. The Hall–Kier alpha value is -2.32. The number of morpholine rings is 1. The average molecular weight is 449 g/mol. The Balaban J connectivity index is 1.40. The van der Waals surface area contributed by atoms with E-state index in [4.69, 9.17) is 32.7 Å². The number of pyridine rings is 1. The van der Waals surface area contributed by atoms with Gasteiger partial charge in [-0.1, -0.05) is 23.2 Å². The molecule has 158 valence electrons. The van der Waals surface area contributed by atoms with E-state index in [2.05, 4.69) is 20.2 Å². The summed E-state index contributed by atoms with van der Waals surface area (Å²) in [5.74, 6) is 0.223. The van der Waals surface area contributed by atoms with Gasteiger partial charge in [-0.3, -0.25) is 9.69 Å². The zero-order valence-corrected chi connectivity index (χ0v) is 18.0. The van der Waals surface area contributed by atoms with Crippen molar-refractivity contribution in [2.75, 3.05) is 44.8 Å². The van der Waals surface area contributed by atoms with Gasteiger partial charge >= 0.3 is 0 Å². The SMILES string of the molecule is Cc1[nH]c(C(=O)Nc2ccc3nc(OCCN4CCOCC4)ccc3c2)c(Cl)c1Cl. The molecule has 1 amide bonds. The summed E-state index contributed by atoms with van der Waals surface area (Å²) in [6, 6.07) is 9.23. The lowest BCUT2D eigenvalue weighted by Crippen LogP contribution is -2.38. The van der Waals surface area contributed by atoms with Gasteiger partial charge in [-0.25, -0.2) is 4.98 Å². The minimum Gasteiger partial charge on any atom is -0.476 e. The molecule has 0 radical (unpaired) electrons. The van der Waals surface area contributed by atoms with Crippen LogP contribution in [0.15, 0.2) is 30.3 Å². The second-order valence-corrected chi connectivity index (χ2v) is 7.82. The number of H-pyrrole nitrogens is 1. The Morgan fingerprint density at radius 1 is 1.23 bits per heavy atom. The number of nitrogens with zero attached hydrogens (tertiary/aromatic N) is 2. The molecule has 3 aromatic rings. The number of anilines is 1. The van der Waals surface area contributed by atoms with E-state index in [0.717, 1.165) is 43.8 Å². The van der Waals surface area contributed by atoms with Gasteiger partial charge in [-0.05, 0) is 31.2 Å². The second kappa shape index (κ2) is 9.22. The molecular formula is C21H22Cl2N4O3. The van der Waals surface area contributed by atoms with Crippen LogP contribution in [0.5, 0.6) is 5.88 Å². The van der Waals surface area contributed by atoms with E-state index >= 15 is 0 Å². The molecular weight excluding hydrogens is 427 g/mol. The summed E-state index contributed by atoms with van der Waals surface area (Å²) in [5, 5.41) is 4.29. The van der Waals surface area contributed by atoms with Crippen LogP contribution in [-0.2, 0) is 4.74 Å². The van der Waals surface area contributed by atoms with E-state index in [1.54, 1.807) is 13.0 Å². The average Bonchev–Trinajstić information content (AvgIpc) is 3.02.